The number of aromatic nitrogens is 2. The summed E-state index contributed by atoms with van der Waals surface area (Å²) in [7, 11) is -3.21. The van der Waals surface area contributed by atoms with Crippen LogP contribution in [0.25, 0.3) is 16.7 Å². The molecular weight excluding hydrogens is 462 g/mol. The number of benzene rings is 2. The predicted molar refractivity (Wildman–Crippen MR) is 132 cm³/mol. The van der Waals surface area contributed by atoms with Gasteiger partial charge in [-0.05, 0) is 49.7 Å². The summed E-state index contributed by atoms with van der Waals surface area (Å²) in [6.45, 7) is 2.37. The van der Waals surface area contributed by atoms with E-state index < -0.39 is 10.0 Å². The fourth-order valence-electron chi connectivity index (χ4n) is 3.27. The lowest BCUT2D eigenvalue weighted by molar-refractivity contribution is 0.102. The van der Waals surface area contributed by atoms with Crippen LogP contribution in [0.3, 0.4) is 0 Å². The van der Waals surface area contributed by atoms with Crippen LogP contribution in [0.1, 0.15) is 20.1 Å². The van der Waals surface area contributed by atoms with Gasteiger partial charge in [0, 0.05) is 17.1 Å². The number of nitrogens with zero attached hydrogens (tertiary/aromatic N) is 2. The van der Waals surface area contributed by atoms with Gasteiger partial charge in [0.25, 0.3) is 0 Å². The molecule has 4 rings (SSSR count). The number of fused-ring (bicyclic) bond motifs is 1. The maximum Gasteiger partial charge on any atom is 0.208 e. The highest BCUT2D eigenvalue weighted by atomic mass is 32.2. The van der Waals surface area contributed by atoms with Crippen molar-refractivity contribution < 1.29 is 13.2 Å². The van der Waals surface area contributed by atoms with Crippen molar-refractivity contribution in [2.45, 2.75) is 18.5 Å². The van der Waals surface area contributed by atoms with E-state index in [4.69, 9.17) is 4.98 Å². The molecule has 0 unspecified atom stereocenters. The molecule has 32 heavy (non-hydrogen) atoms. The fourth-order valence-corrected chi connectivity index (χ4v) is 5.69. The van der Waals surface area contributed by atoms with Gasteiger partial charge in [-0.3, -0.25) is 9.36 Å². The highest BCUT2D eigenvalue weighted by molar-refractivity contribution is 7.99. The Balaban J connectivity index is 1.49. The van der Waals surface area contributed by atoms with Gasteiger partial charge >= 0.3 is 0 Å². The third-order valence-corrected chi connectivity index (χ3v) is 7.68. The molecule has 0 spiro atoms. The smallest absolute Gasteiger partial charge is 0.208 e. The topological polar surface area (TPSA) is 81.1 Å². The normalized spacial score (nSPS) is 11.8. The Morgan fingerprint density at radius 2 is 1.84 bits per heavy atom. The number of sulfonamides is 1. The van der Waals surface area contributed by atoms with Crippen molar-refractivity contribution >= 4 is 49.9 Å². The zero-order valence-electron chi connectivity index (χ0n) is 17.7. The van der Waals surface area contributed by atoms with Crippen LogP contribution < -0.4 is 4.72 Å². The Bertz CT molecular complexity index is 1360. The SMILES string of the molecule is Cc1ccc(-n2c(SCC(=O)c3ccc(CCNS(C)(=O)=O)s3)nc3ccccc32)cc1. The molecule has 4 aromatic rings. The maximum atomic E-state index is 12.8. The van der Waals surface area contributed by atoms with Gasteiger partial charge < -0.3 is 0 Å². The van der Waals surface area contributed by atoms with Crippen molar-refractivity contribution in [2.24, 2.45) is 0 Å². The summed E-state index contributed by atoms with van der Waals surface area (Å²) in [5, 5.41) is 0.775. The number of thiophene rings is 1. The Morgan fingerprint density at radius 3 is 2.59 bits per heavy atom. The summed E-state index contributed by atoms with van der Waals surface area (Å²) >= 11 is 2.83. The molecule has 1 N–H and O–H groups in total. The summed E-state index contributed by atoms with van der Waals surface area (Å²) in [5.41, 5.74) is 4.08. The third-order valence-electron chi connectivity index (χ3n) is 4.83. The van der Waals surface area contributed by atoms with Gasteiger partial charge in [-0.2, -0.15) is 0 Å². The summed E-state index contributed by atoms with van der Waals surface area (Å²) in [6, 6.07) is 19.9. The van der Waals surface area contributed by atoms with Crippen LogP contribution in [0, 0.1) is 6.92 Å². The Labute approximate surface area is 195 Å². The summed E-state index contributed by atoms with van der Waals surface area (Å²) < 4.78 is 26.9. The number of carbonyl (C=O) groups excluding carboxylic acids is 1. The van der Waals surface area contributed by atoms with Gasteiger partial charge in [0.2, 0.25) is 10.0 Å². The van der Waals surface area contributed by atoms with E-state index in [1.807, 2.05) is 36.4 Å². The minimum atomic E-state index is -3.21. The lowest BCUT2D eigenvalue weighted by Gasteiger charge is -2.09. The molecule has 2 aromatic carbocycles. The van der Waals surface area contributed by atoms with Crippen LogP contribution in [0.5, 0.6) is 0 Å². The number of Topliss-reactive ketones (excluding diaryl/α,β-unsaturated/α-hetero) is 1. The molecule has 0 radical (unpaired) electrons. The zero-order chi connectivity index (χ0) is 22.7. The molecule has 0 amide bonds. The Hall–Kier alpha value is -2.46. The minimum absolute atomic E-state index is 0.0323. The zero-order valence-corrected chi connectivity index (χ0v) is 20.2. The number of nitrogens with one attached hydrogen (secondary N) is 1. The van der Waals surface area contributed by atoms with Gasteiger partial charge in [-0.25, -0.2) is 18.1 Å². The minimum Gasteiger partial charge on any atom is -0.292 e. The number of aryl methyl sites for hydroxylation is 1. The van der Waals surface area contributed by atoms with E-state index in [2.05, 4.69) is 40.5 Å². The van der Waals surface area contributed by atoms with E-state index in [1.54, 1.807) is 0 Å². The average Bonchev–Trinajstić information content (AvgIpc) is 3.36. The standard InChI is InChI=1S/C23H23N3O3S3/c1-16-7-9-17(10-8-16)26-20-6-4-3-5-19(20)25-23(26)30-15-21(27)22-12-11-18(31-22)13-14-24-32(2,28)29/h3-12,24H,13-15H2,1-2H3. The second-order valence-electron chi connectivity index (χ2n) is 7.45. The molecular formula is C23H23N3O3S3. The number of imidazole rings is 1. The maximum absolute atomic E-state index is 12.8. The molecule has 166 valence electrons. The van der Waals surface area contributed by atoms with Gasteiger partial charge in [-0.1, -0.05) is 41.6 Å². The highest BCUT2D eigenvalue weighted by Crippen LogP contribution is 2.29. The van der Waals surface area contributed by atoms with Crippen LogP contribution in [-0.2, 0) is 16.4 Å². The van der Waals surface area contributed by atoms with E-state index in [0.29, 0.717) is 17.8 Å². The molecule has 0 saturated carbocycles. The number of hydrogen-bond donors (Lipinski definition) is 1. The van der Waals surface area contributed by atoms with E-state index in [-0.39, 0.29) is 11.5 Å². The number of hydrogen-bond acceptors (Lipinski definition) is 6. The lowest BCUT2D eigenvalue weighted by Crippen LogP contribution is -2.23. The van der Waals surface area contributed by atoms with Gasteiger partial charge in [0.1, 0.15) is 0 Å². The van der Waals surface area contributed by atoms with Crippen LogP contribution >= 0.6 is 23.1 Å². The molecule has 6 nitrogen and oxygen atoms in total. The summed E-state index contributed by atoms with van der Waals surface area (Å²) in [4.78, 5) is 19.2. The number of thioether (sulfide) groups is 1. The van der Waals surface area contributed by atoms with Gasteiger partial charge in [0.15, 0.2) is 10.9 Å². The first-order valence-corrected chi connectivity index (χ1v) is 13.7. The summed E-state index contributed by atoms with van der Waals surface area (Å²) in [5.74, 6) is 0.307. The number of carbonyl (C=O) groups is 1. The van der Waals surface area contributed by atoms with Crippen molar-refractivity contribution in [2.75, 3.05) is 18.6 Å². The molecule has 0 aliphatic heterocycles. The number of ketones is 1. The molecule has 2 heterocycles. The van der Waals surface area contributed by atoms with Gasteiger partial charge in [-0.15, -0.1) is 11.3 Å². The molecule has 0 atom stereocenters. The van der Waals surface area contributed by atoms with Crippen LogP contribution in [0.2, 0.25) is 0 Å². The van der Waals surface area contributed by atoms with E-state index in [1.165, 1.54) is 28.7 Å². The van der Waals surface area contributed by atoms with Crippen molar-refractivity contribution in [3.8, 4) is 5.69 Å². The molecule has 0 fully saturated rings. The van der Waals surface area contributed by atoms with Crippen molar-refractivity contribution in [3.05, 3.63) is 76.0 Å². The predicted octanol–water partition coefficient (Wildman–Crippen LogP) is 4.46. The third kappa shape index (κ3) is 5.47. The molecule has 2 aromatic heterocycles. The molecule has 0 aliphatic carbocycles. The highest BCUT2D eigenvalue weighted by Gasteiger charge is 2.16. The Kier molecular flexibility index (Phi) is 6.80. The van der Waals surface area contributed by atoms with E-state index >= 15 is 0 Å². The first kappa shape index (κ1) is 22.7. The van der Waals surface area contributed by atoms with Crippen molar-refractivity contribution in [3.63, 3.8) is 0 Å². The lowest BCUT2D eigenvalue weighted by atomic mass is 10.2. The second-order valence-corrected chi connectivity index (χ2v) is 11.4. The fraction of sp³-hybridized carbons (Fsp3) is 0.217. The number of para-hydroxylation sites is 2. The van der Waals surface area contributed by atoms with Gasteiger partial charge in [0.05, 0.1) is 27.9 Å². The van der Waals surface area contributed by atoms with Crippen molar-refractivity contribution in [1.82, 2.24) is 14.3 Å². The quantitative estimate of drug-likeness (QED) is 0.280. The van der Waals surface area contributed by atoms with Crippen LogP contribution in [0.15, 0.2) is 65.8 Å². The second kappa shape index (κ2) is 9.58. The molecule has 0 saturated heterocycles. The average molecular weight is 486 g/mol. The van der Waals surface area contributed by atoms with Crippen molar-refractivity contribution in [1.29, 1.82) is 0 Å². The van der Waals surface area contributed by atoms with Crippen LogP contribution in [0.4, 0.5) is 0 Å². The summed E-state index contributed by atoms with van der Waals surface area (Å²) in [6.07, 6.45) is 1.69. The number of rotatable bonds is 9. The Morgan fingerprint density at radius 1 is 1.09 bits per heavy atom. The first-order chi connectivity index (χ1) is 15.3. The van der Waals surface area contributed by atoms with Crippen LogP contribution in [-0.4, -0.2) is 42.3 Å². The molecule has 0 bridgehead atoms. The first-order valence-electron chi connectivity index (χ1n) is 10.0. The monoisotopic (exact) mass is 485 g/mol. The van der Waals surface area contributed by atoms with E-state index in [0.717, 1.165) is 33.0 Å². The van der Waals surface area contributed by atoms with E-state index in [9.17, 15) is 13.2 Å². The molecule has 0 aliphatic rings. The molecule has 9 heteroatoms. The largest absolute Gasteiger partial charge is 0.292 e.